The van der Waals surface area contributed by atoms with E-state index in [0.29, 0.717) is 0 Å². The summed E-state index contributed by atoms with van der Waals surface area (Å²) in [5.41, 5.74) is 6.45. The van der Waals surface area contributed by atoms with E-state index in [1.807, 2.05) is 30.3 Å². The van der Waals surface area contributed by atoms with Crippen molar-refractivity contribution in [3.8, 4) is 0 Å². The maximum absolute atomic E-state index is 13.8. The van der Waals surface area contributed by atoms with Crippen LogP contribution in [0, 0.1) is 5.82 Å². The minimum atomic E-state index is -0.619. The van der Waals surface area contributed by atoms with Gasteiger partial charge in [0.1, 0.15) is 5.82 Å². The van der Waals surface area contributed by atoms with E-state index in [2.05, 4.69) is 0 Å². The third-order valence-electron chi connectivity index (χ3n) is 2.95. The molecule has 0 spiro atoms. The Bertz CT molecular complexity index is 586. The Balaban J connectivity index is 2.36. The predicted octanol–water partition coefficient (Wildman–Crippen LogP) is 3.40. The number of ketones is 1. The number of carbonyl (C=O) groups excluding carboxylic acids is 1. The fourth-order valence-electron chi connectivity index (χ4n) is 1.96. The van der Waals surface area contributed by atoms with Crippen LogP contribution in [0.15, 0.2) is 48.5 Å². The number of Topliss-reactive ketones (excluding diaryl/α,β-unsaturated/α-hetero) is 1. The molecule has 0 aliphatic rings. The number of nitrogens with two attached hydrogens (primary N) is 1. The van der Waals surface area contributed by atoms with Crippen molar-refractivity contribution in [1.82, 2.24) is 0 Å². The molecular weight excluding hydrogens is 265 g/mol. The fraction of sp³-hybridized carbons (Fsp3) is 0.133. The molecule has 2 N–H and O–H groups in total. The largest absolute Gasteiger partial charge is 0.329 e. The summed E-state index contributed by atoms with van der Waals surface area (Å²) < 4.78 is 13.8. The van der Waals surface area contributed by atoms with Crippen molar-refractivity contribution in [3.05, 3.63) is 70.5 Å². The minimum absolute atomic E-state index is 0.0173. The van der Waals surface area contributed by atoms with E-state index < -0.39 is 11.7 Å². The van der Waals surface area contributed by atoms with Gasteiger partial charge in [0.25, 0.3) is 0 Å². The Morgan fingerprint density at radius 3 is 2.47 bits per heavy atom. The molecule has 0 amide bonds. The van der Waals surface area contributed by atoms with Crippen LogP contribution in [-0.4, -0.2) is 12.3 Å². The van der Waals surface area contributed by atoms with Gasteiger partial charge in [-0.05, 0) is 23.8 Å². The van der Waals surface area contributed by atoms with E-state index in [1.54, 1.807) is 0 Å². The lowest BCUT2D eigenvalue weighted by molar-refractivity contribution is 0.0958. The van der Waals surface area contributed by atoms with Crippen molar-refractivity contribution in [3.63, 3.8) is 0 Å². The highest BCUT2D eigenvalue weighted by Crippen LogP contribution is 2.23. The van der Waals surface area contributed by atoms with E-state index >= 15 is 0 Å². The summed E-state index contributed by atoms with van der Waals surface area (Å²) in [6.07, 6.45) is 0. The molecule has 0 saturated carbocycles. The molecule has 0 heterocycles. The van der Waals surface area contributed by atoms with Crippen LogP contribution in [0.4, 0.5) is 4.39 Å². The van der Waals surface area contributed by atoms with Crippen LogP contribution in [0.1, 0.15) is 21.8 Å². The second-order valence-electron chi connectivity index (χ2n) is 4.19. The lowest BCUT2D eigenvalue weighted by Crippen LogP contribution is -2.22. The van der Waals surface area contributed by atoms with Gasteiger partial charge in [-0.15, -0.1) is 0 Å². The van der Waals surface area contributed by atoms with Gasteiger partial charge in [-0.3, -0.25) is 4.79 Å². The Labute approximate surface area is 116 Å². The Morgan fingerprint density at radius 2 is 1.89 bits per heavy atom. The van der Waals surface area contributed by atoms with Gasteiger partial charge < -0.3 is 5.73 Å². The molecule has 1 atom stereocenters. The summed E-state index contributed by atoms with van der Waals surface area (Å²) in [6, 6.07) is 13.1. The van der Waals surface area contributed by atoms with Gasteiger partial charge in [-0.25, -0.2) is 4.39 Å². The molecule has 0 aliphatic heterocycles. The lowest BCUT2D eigenvalue weighted by atomic mass is 9.90. The average molecular weight is 278 g/mol. The van der Waals surface area contributed by atoms with E-state index in [0.717, 1.165) is 11.6 Å². The third-order valence-corrected chi connectivity index (χ3v) is 3.19. The quantitative estimate of drug-likeness (QED) is 0.871. The standard InChI is InChI=1S/C15H13ClFNO/c16-11-6-7-12(14(17)8-11)15(19)13(9-18)10-4-2-1-3-5-10/h1-8,13H,9,18H2. The lowest BCUT2D eigenvalue weighted by Gasteiger charge is -2.14. The molecule has 4 heteroatoms. The predicted molar refractivity (Wildman–Crippen MR) is 74.0 cm³/mol. The van der Waals surface area contributed by atoms with Crippen LogP contribution in [0.25, 0.3) is 0 Å². The molecule has 0 radical (unpaired) electrons. The Kier molecular flexibility index (Phi) is 4.30. The van der Waals surface area contributed by atoms with Crippen LogP contribution < -0.4 is 5.73 Å². The fourth-order valence-corrected chi connectivity index (χ4v) is 2.12. The normalized spacial score (nSPS) is 12.2. The van der Waals surface area contributed by atoms with Crippen molar-refractivity contribution in [2.24, 2.45) is 5.73 Å². The number of hydrogen-bond acceptors (Lipinski definition) is 2. The van der Waals surface area contributed by atoms with Crippen molar-refractivity contribution < 1.29 is 9.18 Å². The summed E-state index contributed by atoms with van der Waals surface area (Å²) in [7, 11) is 0. The maximum atomic E-state index is 13.8. The summed E-state index contributed by atoms with van der Waals surface area (Å²) in [5, 5.41) is 0.262. The van der Waals surface area contributed by atoms with Crippen molar-refractivity contribution >= 4 is 17.4 Å². The second-order valence-corrected chi connectivity index (χ2v) is 4.62. The molecule has 0 bridgehead atoms. The number of carbonyl (C=O) groups is 1. The van der Waals surface area contributed by atoms with Crippen LogP contribution in [0.3, 0.4) is 0 Å². The zero-order chi connectivity index (χ0) is 13.8. The molecular formula is C15H13ClFNO. The van der Waals surface area contributed by atoms with Crippen LogP contribution >= 0.6 is 11.6 Å². The smallest absolute Gasteiger partial charge is 0.174 e. The number of hydrogen-bond donors (Lipinski definition) is 1. The molecule has 19 heavy (non-hydrogen) atoms. The van der Waals surface area contributed by atoms with Gasteiger partial charge >= 0.3 is 0 Å². The molecule has 1 unspecified atom stereocenters. The van der Waals surface area contributed by atoms with E-state index in [4.69, 9.17) is 17.3 Å². The molecule has 0 aliphatic carbocycles. The number of halogens is 2. The highest BCUT2D eigenvalue weighted by molar-refractivity contribution is 6.30. The Morgan fingerprint density at radius 1 is 1.21 bits per heavy atom. The van der Waals surface area contributed by atoms with E-state index in [9.17, 15) is 9.18 Å². The second kappa shape index (κ2) is 5.95. The minimum Gasteiger partial charge on any atom is -0.329 e. The third kappa shape index (κ3) is 3.00. The summed E-state index contributed by atoms with van der Waals surface area (Å²) in [6.45, 7) is 0.130. The van der Waals surface area contributed by atoms with Crippen LogP contribution in [0.5, 0.6) is 0 Å². The zero-order valence-corrected chi connectivity index (χ0v) is 10.9. The SMILES string of the molecule is NCC(C(=O)c1ccc(Cl)cc1F)c1ccccc1. The molecule has 98 valence electrons. The van der Waals surface area contributed by atoms with Crippen molar-refractivity contribution in [2.45, 2.75) is 5.92 Å². The van der Waals surface area contributed by atoms with Gasteiger partial charge in [-0.2, -0.15) is 0 Å². The first-order valence-corrected chi connectivity index (χ1v) is 6.25. The molecule has 2 nitrogen and oxygen atoms in total. The maximum Gasteiger partial charge on any atom is 0.174 e. The molecule has 2 aromatic carbocycles. The van der Waals surface area contributed by atoms with Gasteiger partial charge in [0.2, 0.25) is 0 Å². The molecule has 0 aromatic heterocycles. The topological polar surface area (TPSA) is 43.1 Å². The van der Waals surface area contributed by atoms with Crippen molar-refractivity contribution in [2.75, 3.05) is 6.54 Å². The highest BCUT2D eigenvalue weighted by atomic mass is 35.5. The first-order chi connectivity index (χ1) is 9.13. The van der Waals surface area contributed by atoms with Crippen LogP contribution in [-0.2, 0) is 0 Å². The van der Waals surface area contributed by atoms with Gasteiger partial charge in [0.15, 0.2) is 5.78 Å². The van der Waals surface area contributed by atoms with Gasteiger partial charge in [-0.1, -0.05) is 41.9 Å². The molecule has 0 fully saturated rings. The zero-order valence-electron chi connectivity index (χ0n) is 10.1. The first kappa shape index (κ1) is 13.7. The summed E-state index contributed by atoms with van der Waals surface area (Å²) in [5.74, 6) is -1.49. The first-order valence-electron chi connectivity index (χ1n) is 5.87. The van der Waals surface area contributed by atoms with Crippen molar-refractivity contribution in [1.29, 1.82) is 0 Å². The summed E-state index contributed by atoms with van der Waals surface area (Å²) in [4.78, 5) is 12.3. The number of benzene rings is 2. The van der Waals surface area contributed by atoms with Gasteiger partial charge in [0, 0.05) is 11.6 Å². The highest BCUT2D eigenvalue weighted by Gasteiger charge is 2.23. The average Bonchev–Trinajstić information content (AvgIpc) is 2.40. The Hall–Kier alpha value is -1.71. The van der Waals surface area contributed by atoms with Crippen LogP contribution in [0.2, 0.25) is 5.02 Å². The number of rotatable bonds is 4. The van der Waals surface area contributed by atoms with E-state index in [-0.39, 0.29) is 22.9 Å². The molecule has 2 rings (SSSR count). The molecule has 2 aromatic rings. The van der Waals surface area contributed by atoms with E-state index in [1.165, 1.54) is 12.1 Å². The summed E-state index contributed by atoms with van der Waals surface area (Å²) >= 11 is 5.68. The molecule has 0 saturated heterocycles. The van der Waals surface area contributed by atoms with Gasteiger partial charge in [0.05, 0.1) is 11.5 Å². The monoisotopic (exact) mass is 277 g/mol.